The van der Waals surface area contributed by atoms with Gasteiger partial charge in [-0.05, 0) is 40.5 Å². The lowest BCUT2D eigenvalue weighted by Gasteiger charge is -2.09. The monoisotopic (exact) mass is 300 g/mol. The van der Waals surface area contributed by atoms with Gasteiger partial charge in [-0.3, -0.25) is 0 Å². The predicted molar refractivity (Wildman–Crippen MR) is 66.9 cm³/mol. The van der Waals surface area contributed by atoms with Crippen molar-refractivity contribution >= 4 is 27.5 Å². The Morgan fingerprint density at radius 3 is 2.75 bits per heavy atom. The molecule has 2 aromatic rings. The molecule has 1 N–H and O–H groups in total. The normalized spacial score (nSPS) is 12.8. The quantitative estimate of drug-likeness (QED) is 0.924. The van der Waals surface area contributed by atoms with Crippen LogP contribution in [0.25, 0.3) is 5.69 Å². The van der Waals surface area contributed by atoms with Gasteiger partial charge in [-0.2, -0.15) is 5.10 Å². The summed E-state index contributed by atoms with van der Waals surface area (Å²) in [6, 6.07) is 5.62. The van der Waals surface area contributed by atoms with Gasteiger partial charge in [-0.15, -0.1) is 0 Å². The van der Waals surface area contributed by atoms with Gasteiger partial charge in [0.25, 0.3) is 0 Å². The van der Waals surface area contributed by atoms with Crippen LogP contribution in [0.4, 0.5) is 0 Å². The predicted octanol–water partition coefficient (Wildman–Crippen LogP) is 3.34. The summed E-state index contributed by atoms with van der Waals surface area (Å²) in [4.78, 5) is 0. The molecule has 1 atom stereocenters. The Hall–Kier alpha value is -0.840. The zero-order chi connectivity index (χ0) is 11.7. The maximum absolute atomic E-state index is 9.45. The number of aliphatic hydroxyl groups is 1. The van der Waals surface area contributed by atoms with Crippen LogP contribution in [0.15, 0.2) is 35.1 Å². The number of rotatable bonds is 2. The van der Waals surface area contributed by atoms with Crippen molar-refractivity contribution in [2.24, 2.45) is 0 Å². The molecule has 0 unspecified atom stereocenters. The van der Waals surface area contributed by atoms with E-state index in [0.717, 1.165) is 15.7 Å². The Bertz CT molecular complexity index is 510. The number of nitrogens with zero attached hydrogens (tertiary/aromatic N) is 2. The van der Waals surface area contributed by atoms with Crippen LogP contribution in [-0.4, -0.2) is 14.9 Å². The van der Waals surface area contributed by atoms with E-state index < -0.39 is 6.10 Å². The molecule has 84 valence electrons. The number of aliphatic hydroxyl groups excluding tert-OH is 1. The molecule has 0 spiro atoms. The highest BCUT2D eigenvalue weighted by atomic mass is 79.9. The third-order valence-electron chi connectivity index (χ3n) is 2.25. The van der Waals surface area contributed by atoms with Gasteiger partial charge in [0.2, 0.25) is 0 Å². The molecule has 5 heteroatoms. The molecule has 3 nitrogen and oxygen atoms in total. The Morgan fingerprint density at radius 2 is 2.25 bits per heavy atom. The molecule has 0 radical (unpaired) electrons. The minimum Gasteiger partial charge on any atom is -0.389 e. The van der Waals surface area contributed by atoms with Crippen molar-refractivity contribution < 1.29 is 5.11 Å². The summed E-state index contributed by atoms with van der Waals surface area (Å²) in [7, 11) is 0. The highest BCUT2D eigenvalue weighted by Crippen LogP contribution is 2.25. The molecule has 0 fully saturated rings. The lowest BCUT2D eigenvalue weighted by molar-refractivity contribution is 0.199. The first-order valence-electron chi connectivity index (χ1n) is 4.76. The van der Waals surface area contributed by atoms with Crippen molar-refractivity contribution in [1.29, 1.82) is 0 Å². The van der Waals surface area contributed by atoms with Gasteiger partial charge < -0.3 is 5.11 Å². The number of hydrogen-bond acceptors (Lipinski definition) is 2. The second-order valence-corrected chi connectivity index (χ2v) is 4.78. The van der Waals surface area contributed by atoms with Crippen molar-refractivity contribution in [3.8, 4) is 5.69 Å². The molecule has 0 saturated carbocycles. The largest absolute Gasteiger partial charge is 0.389 e. The van der Waals surface area contributed by atoms with Crippen LogP contribution in [0.5, 0.6) is 0 Å². The zero-order valence-corrected chi connectivity index (χ0v) is 10.9. The summed E-state index contributed by atoms with van der Waals surface area (Å²) < 4.78 is 2.55. The van der Waals surface area contributed by atoms with Crippen LogP contribution >= 0.6 is 27.5 Å². The fourth-order valence-electron chi connectivity index (χ4n) is 1.40. The van der Waals surface area contributed by atoms with Crippen LogP contribution in [0.3, 0.4) is 0 Å². The second kappa shape index (κ2) is 4.57. The molecular formula is C11H10BrClN2O. The van der Waals surface area contributed by atoms with Gasteiger partial charge in [0.1, 0.15) is 0 Å². The summed E-state index contributed by atoms with van der Waals surface area (Å²) >= 11 is 9.25. The molecule has 0 aliphatic rings. The minimum atomic E-state index is -0.480. The lowest BCUT2D eigenvalue weighted by atomic mass is 10.1. The first-order chi connectivity index (χ1) is 7.58. The second-order valence-electron chi connectivity index (χ2n) is 3.49. The molecule has 1 aromatic carbocycles. The first-order valence-corrected chi connectivity index (χ1v) is 5.93. The van der Waals surface area contributed by atoms with Crippen LogP contribution < -0.4 is 0 Å². The number of benzene rings is 1. The van der Waals surface area contributed by atoms with Crippen molar-refractivity contribution in [3.05, 3.63) is 45.7 Å². The van der Waals surface area contributed by atoms with Crippen molar-refractivity contribution in [1.82, 2.24) is 9.78 Å². The molecule has 0 saturated heterocycles. The number of hydrogen-bond donors (Lipinski definition) is 1. The summed E-state index contributed by atoms with van der Waals surface area (Å²) in [5.41, 5.74) is 1.74. The van der Waals surface area contributed by atoms with Crippen molar-refractivity contribution in [2.45, 2.75) is 13.0 Å². The van der Waals surface area contributed by atoms with Gasteiger partial charge in [-0.1, -0.05) is 17.7 Å². The fraction of sp³-hybridized carbons (Fsp3) is 0.182. The molecule has 0 amide bonds. The van der Waals surface area contributed by atoms with Gasteiger partial charge in [0.05, 0.1) is 23.0 Å². The van der Waals surface area contributed by atoms with Gasteiger partial charge in [-0.25, -0.2) is 4.68 Å². The van der Waals surface area contributed by atoms with E-state index in [4.69, 9.17) is 11.6 Å². The number of halogens is 2. The van der Waals surface area contributed by atoms with E-state index in [0.29, 0.717) is 5.02 Å². The average molecular weight is 302 g/mol. The average Bonchev–Trinajstić information content (AvgIpc) is 2.64. The zero-order valence-electron chi connectivity index (χ0n) is 8.56. The van der Waals surface area contributed by atoms with Crippen LogP contribution in [0.2, 0.25) is 5.02 Å². The third-order valence-corrected chi connectivity index (χ3v) is 3.08. The SMILES string of the molecule is C[C@@H](O)c1ccc(-n2cc(Cl)cn2)c(Br)c1. The standard InChI is InChI=1S/C11H10BrClN2O/c1-7(16)8-2-3-11(10(12)4-8)15-6-9(13)5-14-15/h2-7,16H,1H3/t7-/m1/s1. The molecule has 1 aromatic heterocycles. The fourth-order valence-corrected chi connectivity index (χ4v) is 2.12. The summed E-state index contributed by atoms with van der Waals surface area (Å²) in [5, 5.41) is 14.2. The maximum Gasteiger partial charge on any atom is 0.0790 e. The van der Waals surface area contributed by atoms with Gasteiger partial charge >= 0.3 is 0 Å². The van der Waals surface area contributed by atoms with Crippen LogP contribution in [0.1, 0.15) is 18.6 Å². The summed E-state index contributed by atoms with van der Waals surface area (Å²) in [5.74, 6) is 0. The van der Waals surface area contributed by atoms with Crippen LogP contribution in [-0.2, 0) is 0 Å². The van der Waals surface area contributed by atoms with Gasteiger partial charge in [0, 0.05) is 10.7 Å². The molecule has 0 aliphatic heterocycles. The highest BCUT2D eigenvalue weighted by molar-refractivity contribution is 9.10. The lowest BCUT2D eigenvalue weighted by Crippen LogP contribution is -1.98. The minimum absolute atomic E-state index is 0.480. The molecule has 0 bridgehead atoms. The summed E-state index contributed by atoms with van der Waals surface area (Å²) in [6.07, 6.45) is 2.83. The van der Waals surface area contributed by atoms with E-state index in [9.17, 15) is 5.11 Å². The molecule has 0 aliphatic carbocycles. The Balaban J connectivity index is 2.44. The van der Waals surface area contributed by atoms with Gasteiger partial charge in [0.15, 0.2) is 0 Å². The van der Waals surface area contributed by atoms with E-state index >= 15 is 0 Å². The van der Waals surface area contributed by atoms with Crippen molar-refractivity contribution in [2.75, 3.05) is 0 Å². The molecule has 1 heterocycles. The van der Waals surface area contributed by atoms with E-state index in [1.54, 1.807) is 24.0 Å². The summed E-state index contributed by atoms with van der Waals surface area (Å²) in [6.45, 7) is 1.73. The van der Waals surface area contributed by atoms with Crippen molar-refractivity contribution in [3.63, 3.8) is 0 Å². The number of aromatic nitrogens is 2. The molecule has 2 rings (SSSR count). The topological polar surface area (TPSA) is 38.0 Å². The Kier molecular flexibility index (Phi) is 3.33. The smallest absolute Gasteiger partial charge is 0.0790 e. The van der Waals surface area contributed by atoms with E-state index in [1.807, 2.05) is 18.2 Å². The maximum atomic E-state index is 9.45. The third kappa shape index (κ3) is 2.29. The highest BCUT2D eigenvalue weighted by Gasteiger charge is 2.07. The van der Waals surface area contributed by atoms with Crippen LogP contribution in [0, 0.1) is 0 Å². The first kappa shape index (κ1) is 11.6. The van der Waals surface area contributed by atoms with E-state index in [2.05, 4.69) is 21.0 Å². The van der Waals surface area contributed by atoms with E-state index in [-0.39, 0.29) is 0 Å². The van der Waals surface area contributed by atoms with E-state index in [1.165, 1.54) is 0 Å². The molecular weight excluding hydrogens is 291 g/mol. The Labute approximate surface area is 107 Å². The Morgan fingerprint density at radius 1 is 1.50 bits per heavy atom. The molecule has 16 heavy (non-hydrogen) atoms.